The number of halogens is 1. The first-order chi connectivity index (χ1) is 9.10. The molecule has 0 spiro atoms. The summed E-state index contributed by atoms with van der Waals surface area (Å²) in [7, 11) is 0. The molecule has 0 unspecified atom stereocenters. The van der Waals surface area contributed by atoms with Gasteiger partial charge in [0.2, 0.25) is 6.10 Å². The van der Waals surface area contributed by atoms with E-state index in [1.165, 1.54) is 11.9 Å². The number of esters is 1. The summed E-state index contributed by atoms with van der Waals surface area (Å²) < 4.78 is 6.63. The summed E-state index contributed by atoms with van der Waals surface area (Å²) in [5, 5.41) is 0.540. The second-order valence-electron chi connectivity index (χ2n) is 3.87. The van der Waals surface area contributed by atoms with E-state index in [1.54, 1.807) is 22.7 Å². The molecule has 1 saturated heterocycles. The molecule has 100 valence electrons. The van der Waals surface area contributed by atoms with E-state index in [1.807, 2.05) is 12.1 Å². The number of hydrogen-bond acceptors (Lipinski definition) is 4. The van der Waals surface area contributed by atoms with Crippen molar-refractivity contribution >= 4 is 35.4 Å². The molecule has 1 fully saturated rings. The molecule has 1 amide bonds. The Balaban J connectivity index is 2.29. The van der Waals surface area contributed by atoms with Crippen molar-refractivity contribution in [2.45, 2.75) is 12.1 Å². The van der Waals surface area contributed by atoms with Gasteiger partial charge in [-0.25, -0.2) is 4.79 Å². The number of rotatable bonds is 4. The first-order valence-electron chi connectivity index (χ1n) is 5.54. The highest BCUT2D eigenvalue weighted by atomic mass is 35.5. The lowest BCUT2D eigenvalue weighted by molar-refractivity contribution is -0.171. The van der Waals surface area contributed by atoms with Crippen LogP contribution in [0, 0.1) is 0 Å². The van der Waals surface area contributed by atoms with Crippen LogP contribution < -0.4 is 0 Å². The summed E-state index contributed by atoms with van der Waals surface area (Å²) >= 11 is 7.41. The standard InChI is InChI=1S/C13H12ClNO3S/c1-3-10(16)18-12-11(15(19-2)13(12)17)8-6-4-5-7-9(8)14/h3-7,11-12H,1H2,2H3/t11-,12+/m0/s1. The Labute approximate surface area is 120 Å². The van der Waals surface area contributed by atoms with Crippen LogP contribution in [0.1, 0.15) is 11.6 Å². The van der Waals surface area contributed by atoms with Crippen LogP contribution in [0.5, 0.6) is 0 Å². The lowest BCUT2D eigenvalue weighted by Gasteiger charge is -2.44. The van der Waals surface area contributed by atoms with Crippen LogP contribution in [-0.4, -0.2) is 28.5 Å². The second kappa shape index (κ2) is 5.67. The highest BCUT2D eigenvalue weighted by molar-refractivity contribution is 7.96. The SMILES string of the molecule is C=CC(=O)O[C@H]1C(=O)N(SC)[C@H]1c1ccccc1Cl. The minimum absolute atomic E-state index is 0.243. The van der Waals surface area contributed by atoms with Gasteiger partial charge in [0.05, 0.1) is 0 Å². The van der Waals surface area contributed by atoms with Gasteiger partial charge in [-0.1, -0.05) is 48.3 Å². The molecule has 0 aromatic heterocycles. The van der Waals surface area contributed by atoms with Crippen LogP contribution in [0.25, 0.3) is 0 Å². The third-order valence-corrected chi connectivity index (χ3v) is 3.98. The van der Waals surface area contributed by atoms with Crippen molar-refractivity contribution in [1.29, 1.82) is 0 Å². The maximum absolute atomic E-state index is 11.9. The quantitative estimate of drug-likeness (QED) is 0.371. The molecule has 19 heavy (non-hydrogen) atoms. The van der Waals surface area contributed by atoms with Crippen molar-refractivity contribution in [3.8, 4) is 0 Å². The molecule has 0 N–H and O–H groups in total. The van der Waals surface area contributed by atoms with Crippen LogP contribution in [-0.2, 0) is 14.3 Å². The van der Waals surface area contributed by atoms with Crippen molar-refractivity contribution in [3.05, 3.63) is 47.5 Å². The zero-order valence-corrected chi connectivity index (χ0v) is 11.8. The summed E-state index contributed by atoms with van der Waals surface area (Å²) in [6.07, 6.45) is 1.99. The van der Waals surface area contributed by atoms with Crippen molar-refractivity contribution in [3.63, 3.8) is 0 Å². The Morgan fingerprint density at radius 1 is 1.53 bits per heavy atom. The smallest absolute Gasteiger partial charge is 0.331 e. The van der Waals surface area contributed by atoms with Gasteiger partial charge in [0.15, 0.2) is 0 Å². The number of carbonyl (C=O) groups is 2. The fraction of sp³-hybridized carbons (Fsp3) is 0.231. The number of β-lactam (4-membered cyclic amide) rings is 1. The van der Waals surface area contributed by atoms with E-state index in [-0.39, 0.29) is 11.9 Å². The molecule has 4 nitrogen and oxygen atoms in total. The minimum atomic E-state index is -0.835. The molecule has 2 rings (SSSR count). The molecule has 6 heteroatoms. The number of benzene rings is 1. The van der Waals surface area contributed by atoms with Crippen LogP contribution >= 0.6 is 23.5 Å². The minimum Gasteiger partial charge on any atom is -0.446 e. The normalized spacial score (nSPS) is 21.8. The molecule has 1 aliphatic heterocycles. The molecule has 1 heterocycles. The van der Waals surface area contributed by atoms with Crippen molar-refractivity contribution in [1.82, 2.24) is 4.31 Å². The van der Waals surface area contributed by atoms with E-state index in [0.717, 1.165) is 11.6 Å². The van der Waals surface area contributed by atoms with Crippen molar-refractivity contribution in [2.24, 2.45) is 0 Å². The molecule has 0 saturated carbocycles. The molecule has 0 bridgehead atoms. The second-order valence-corrected chi connectivity index (χ2v) is 5.04. The maximum Gasteiger partial charge on any atom is 0.331 e. The van der Waals surface area contributed by atoms with Gasteiger partial charge in [-0.15, -0.1) is 0 Å². The Hall–Kier alpha value is -1.46. The summed E-state index contributed by atoms with van der Waals surface area (Å²) in [4.78, 5) is 23.2. The van der Waals surface area contributed by atoms with E-state index in [2.05, 4.69) is 6.58 Å². The molecule has 1 aromatic rings. The molecule has 1 aromatic carbocycles. The van der Waals surface area contributed by atoms with Gasteiger partial charge in [-0.3, -0.25) is 9.10 Å². The third-order valence-electron chi connectivity index (χ3n) is 2.83. The van der Waals surface area contributed by atoms with Crippen LogP contribution in [0.4, 0.5) is 0 Å². The zero-order chi connectivity index (χ0) is 14.0. The average Bonchev–Trinajstić information content (AvgIpc) is 2.42. The number of ether oxygens (including phenoxy) is 1. The summed E-state index contributed by atoms with van der Waals surface area (Å²) in [6.45, 7) is 3.32. The topological polar surface area (TPSA) is 46.6 Å². The first kappa shape index (κ1) is 14.0. The van der Waals surface area contributed by atoms with E-state index in [4.69, 9.17) is 16.3 Å². The molecular weight excluding hydrogens is 286 g/mol. The number of nitrogens with zero attached hydrogens (tertiary/aromatic N) is 1. The van der Waals surface area contributed by atoms with E-state index in [0.29, 0.717) is 5.02 Å². The summed E-state index contributed by atoms with van der Waals surface area (Å²) in [5.41, 5.74) is 0.764. The van der Waals surface area contributed by atoms with E-state index >= 15 is 0 Å². The highest BCUT2D eigenvalue weighted by Crippen LogP contribution is 2.43. The van der Waals surface area contributed by atoms with Gasteiger partial charge < -0.3 is 4.74 Å². The van der Waals surface area contributed by atoms with Crippen molar-refractivity contribution in [2.75, 3.05) is 6.26 Å². The monoisotopic (exact) mass is 297 g/mol. The fourth-order valence-electron chi connectivity index (χ4n) is 1.93. The molecule has 0 radical (unpaired) electrons. The summed E-state index contributed by atoms with van der Waals surface area (Å²) in [5.74, 6) is -0.858. The van der Waals surface area contributed by atoms with E-state index < -0.39 is 12.1 Å². The van der Waals surface area contributed by atoms with Gasteiger partial charge >= 0.3 is 5.97 Å². The van der Waals surface area contributed by atoms with Crippen LogP contribution in [0.15, 0.2) is 36.9 Å². The highest BCUT2D eigenvalue weighted by Gasteiger charge is 2.51. The number of amides is 1. The van der Waals surface area contributed by atoms with Gasteiger partial charge in [0.1, 0.15) is 6.04 Å². The largest absolute Gasteiger partial charge is 0.446 e. The Bertz CT molecular complexity index is 534. The molecular formula is C13H12ClNO3S. The lowest BCUT2D eigenvalue weighted by Crippen LogP contribution is -2.57. The Morgan fingerprint density at radius 2 is 2.21 bits per heavy atom. The van der Waals surface area contributed by atoms with Gasteiger partial charge in [-0.05, 0) is 11.6 Å². The Morgan fingerprint density at radius 3 is 2.79 bits per heavy atom. The van der Waals surface area contributed by atoms with Crippen molar-refractivity contribution < 1.29 is 14.3 Å². The third kappa shape index (κ3) is 2.48. The maximum atomic E-state index is 11.9. The molecule has 1 aliphatic rings. The van der Waals surface area contributed by atoms with E-state index in [9.17, 15) is 9.59 Å². The predicted molar refractivity (Wildman–Crippen MR) is 74.6 cm³/mol. The summed E-state index contributed by atoms with van der Waals surface area (Å²) in [6, 6.07) is 6.83. The van der Waals surface area contributed by atoms with Gasteiger partial charge in [0.25, 0.3) is 5.91 Å². The molecule has 0 aliphatic carbocycles. The zero-order valence-electron chi connectivity index (χ0n) is 10.2. The number of carbonyl (C=O) groups excluding carboxylic acids is 2. The average molecular weight is 298 g/mol. The number of hydrogen-bond donors (Lipinski definition) is 0. The fourth-order valence-corrected chi connectivity index (χ4v) is 2.92. The van der Waals surface area contributed by atoms with Crippen LogP contribution in [0.3, 0.4) is 0 Å². The van der Waals surface area contributed by atoms with Gasteiger partial charge in [-0.2, -0.15) is 0 Å². The lowest BCUT2D eigenvalue weighted by atomic mass is 9.93. The predicted octanol–water partition coefficient (Wildman–Crippen LogP) is 2.60. The van der Waals surface area contributed by atoms with Gasteiger partial charge in [0, 0.05) is 17.4 Å². The molecule has 2 atom stereocenters. The first-order valence-corrected chi connectivity index (χ1v) is 7.10. The Kier molecular flexibility index (Phi) is 4.17. The van der Waals surface area contributed by atoms with Crippen LogP contribution in [0.2, 0.25) is 5.02 Å².